The first kappa shape index (κ1) is 18.7. The van der Waals surface area contributed by atoms with Crippen molar-refractivity contribution in [3.8, 4) is 0 Å². The molecule has 1 aromatic heterocycles. The minimum absolute atomic E-state index is 0.0794. The van der Waals surface area contributed by atoms with E-state index >= 15 is 0 Å². The highest BCUT2D eigenvalue weighted by Gasteiger charge is 2.39. The second-order valence-corrected chi connectivity index (χ2v) is 8.65. The quantitative estimate of drug-likeness (QED) is 0.836. The summed E-state index contributed by atoms with van der Waals surface area (Å²) < 4.78 is 0. The molecule has 4 saturated heterocycles. The molecule has 1 amide bonds. The first-order valence-electron chi connectivity index (χ1n) is 10.8. The minimum Gasteiger partial charge on any atom is -0.335 e. The van der Waals surface area contributed by atoms with Crippen molar-refractivity contribution in [2.45, 2.75) is 24.9 Å². The molecule has 29 heavy (non-hydrogen) atoms. The molecular formula is C23H29N5O. The molecule has 0 saturated carbocycles. The number of carbonyl (C=O) groups is 1. The largest absolute Gasteiger partial charge is 0.335 e. The van der Waals surface area contributed by atoms with Crippen LogP contribution >= 0.6 is 0 Å². The molecule has 2 unspecified atom stereocenters. The lowest BCUT2D eigenvalue weighted by molar-refractivity contribution is 0.0726. The smallest absolute Gasteiger partial charge is 0.272 e. The summed E-state index contributed by atoms with van der Waals surface area (Å²) in [4.78, 5) is 22.0. The number of hydrazine groups is 1. The van der Waals surface area contributed by atoms with Gasteiger partial charge in [-0.15, -0.1) is 0 Å². The maximum atomic E-state index is 13.0. The fourth-order valence-corrected chi connectivity index (χ4v) is 5.24. The Morgan fingerprint density at radius 2 is 1.90 bits per heavy atom. The summed E-state index contributed by atoms with van der Waals surface area (Å²) in [5.41, 5.74) is 8.75. The first-order chi connectivity index (χ1) is 14.3. The summed E-state index contributed by atoms with van der Waals surface area (Å²) in [5.74, 6) is 1.16. The number of aromatic nitrogens is 1. The first-order valence-corrected chi connectivity index (χ1v) is 10.8. The topological polar surface area (TPSA) is 60.5 Å². The van der Waals surface area contributed by atoms with Gasteiger partial charge in [-0.2, -0.15) is 0 Å². The average molecular weight is 392 g/mol. The lowest BCUT2D eigenvalue weighted by Gasteiger charge is -2.38. The maximum absolute atomic E-state index is 13.0. The molecule has 4 atom stereocenters. The van der Waals surface area contributed by atoms with E-state index < -0.39 is 0 Å². The number of benzene rings is 1. The number of nitrogens with one attached hydrogen (secondary N) is 2. The number of rotatable bonds is 4. The van der Waals surface area contributed by atoms with Crippen LogP contribution < -0.4 is 10.9 Å². The van der Waals surface area contributed by atoms with E-state index in [0.29, 0.717) is 29.6 Å². The van der Waals surface area contributed by atoms with Gasteiger partial charge in [0.05, 0.1) is 6.04 Å². The zero-order chi connectivity index (χ0) is 19.6. The SMILES string of the molecule is O=C(c1ccccn1)N1C[C@H]2CC[C@@H](C1)N(CC1CNNC1c1ccccc1)C2. The predicted molar refractivity (Wildman–Crippen MR) is 112 cm³/mol. The van der Waals surface area contributed by atoms with Crippen LogP contribution in [0.3, 0.4) is 0 Å². The van der Waals surface area contributed by atoms with E-state index in [1.807, 2.05) is 23.1 Å². The molecule has 4 aliphatic heterocycles. The molecule has 0 aliphatic carbocycles. The number of hydrogen-bond acceptors (Lipinski definition) is 5. The van der Waals surface area contributed by atoms with Crippen LogP contribution in [-0.4, -0.2) is 59.5 Å². The zero-order valence-electron chi connectivity index (χ0n) is 16.7. The summed E-state index contributed by atoms with van der Waals surface area (Å²) >= 11 is 0. The molecule has 2 bridgehead atoms. The second kappa shape index (κ2) is 8.22. The van der Waals surface area contributed by atoms with E-state index in [2.05, 4.69) is 51.1 Å². The van der Waals surface area contributed by atoms with Gasteiger partial charge >= 0.3 is 0 Å². The number of amides is 1. The van der Waals surface area contributed by atoms with Gasteiger partial charge in [0.1, 0.15) is 5.69 Å². The Bertz CT molecular complexity index is 830. The third-order valence-electron chi connectivity index (χ3n) is 6.72. The Morgan fingerprint density at radius 3 is 2.72 bits per heavy atom. The van der Waals surface area contributed by atoms with Crippen LogP contribution in [0.2, 0.25) is 0 Å². The van der Waals surface area contributed by atoms with Crippen molar-refractivity contribution in [3.63, 3.8) is 0 Å². The van der Waals surface area contributed by atoms with Crippen LogP contribution in [0, 0.1) is 11.8 Å². The van der Waals surface area contributed by atoms with Gasteiger partial charge in [0.2, 0.25) is 0 Å². The highest BCUT2D eigenvalue weighted by atomic mass is 16.2. The van der Waals surface area contributed by atoms with Gasteiger partial charge < -0.3 is 4.90 Å². The van der Waals surface area contributed by atoms with E-state index in [9.17, 15) is 4.79 Å². The van der Waals surface area contributed by atoms with Gasteiger partial charge in [0.15, 0.2) is 0 Å². The number of carbonyl (C=O) groups excluding carboxylic acids is 1. The molecule has 5 heterocycles. The summed E-state index contributed by atoms with van der Waals surface area (Å²) in [7, 11) is 0. The van der Waals surface area contributed by atoms with Crippen molar-refractivity contribution in [1.82, 2.24) is 25.6 Å². The molecule has 1 aromatic carbocycles. The van der Waals surface area contributed by atoms with Crippen molar-refractivity contribution >= 4 is 5.91 Å². The summed E-state index contributed by atoms with van der Waals surface area (Å²) in [6, 6.07) is 17.1. The third kappa shape index (κ3) is 3.92. The monoisotopic (exact) mass is 391 g/mol. The Morgan fingerprint density at radius 1 is 1.03 bits per heavy atom. The summed E-state index contributed by atoms with van der Waals surface area (Å²) in [5, 5.41) is 0. The van der Waals surface area contributed by atoms with E-state index in [0.717, 1.165) is 32.7 Å². The number of fused-ring (bicyclic) bond motifs is 4. The molecule has 2 N–H and O–H groups in total. The van der Waals surface area contributed by atoms with Gasteiger partial charge in [-0.05, 0) is 36.5 Å². The van der Waals surface area contributed by atoms with Crippen LogP contribution in [0.15, 0.2) is 54.7 Å². The Kier molecular flexibility index (Phi) is 5.31. The fraction of sp³-hybridized carbons (Fsp3) is 0.478. The number of pyridine rings is 1. The van der Waals surface area contributed by atoms with Gasteiger partial charge in [0.25, 0.3) is 5.91 Å². The Hall–Kier alpha value is -2.28. The van der Waals surface area contributed by atoms with Crippen LogP contribution in [0.4, 0.5) is 0 Å². The standard InChI is InChI=1S/C23H29N5O/c29-23(21-8-4-5-11-24-21)28-14-17-9-10-20(16-28)27(13-17)15-19-12-25-26-22(19)18-6-2-1-3-7-18/h1-8,11,17,19-20,22,25-26H,9-10,12-16H2/t17-,19?,20-,22?/m0/s1. The molecule has 6 rings (SSSR count). The molecule has 0 radical (unpaired) electrons. The summed E-state index contributed by atoms with van der Waals surface area (Å²) in [6.07, 6.45) is 4.10. The van der Waals surface area contributed by atoms with Crippen molar-refractivity contribution in [1.29, 1.82) is 0 Å². The number of nitrogens with zero attached hydrogens (tertiary/aromatic N) is 3. The molecule has 4 fully saturated rings. The Labute approximate surface area is 172 Å². The van der Waals surface area contributed by atoms with Crippen molar-refractivity contribution < 1.29 is 4.79 Å². The highest BCUT2D eigenvalue weighted by molar-refractivity contribution is 5.92. The molecular weight excluding hydrogens is 362 g/mol. The van der Waals surface area contributed by atoms with Gasteiger partial charge in [-0.25, -0.2) is 5.43 Å². The van der Waals surface area contributed by atoms with Gasteiger partial charge in [-0.3, -0.25) is 20.1 Å². The predicted octanol–water partition coefficient (Wildman–Crippen LogP) is 2.08. The van der Waals surface area contributed by atoms with Crippen molar-refractivity contribution in [2.75, 3.05) is 32.7 Å². The number of piperidine rings is 1. The minimum atomic E-state index is 0.0794. The van der Waals surface area contributed by atoms with Crippen LogP contribution in [0.5, 0.6) is 0 Å². The lowest BCUT2D eigenvalue weighted by atomic mass is 9.90. The molecule has 6 heteroatoms. The van der Waals surface area contributed by atoms with Crippen LogP contribution in [0.25, 0.3) is 0 Å². The van der Waals surface area contributed by atoms with E-state index in [1.165, 1.54) is 18.4 Å². The van der Waals surface area contributed by atoms with Crippen molar-refractivity contribution in [3.05, 3.63) is 66.0 Å². The molecule has 4 aliphatic rings. The molecule has 6 nitrogen and oxygen atoms in total. The van der Waals surface area contributed by atoms with Crippen molar-refractivity contribution in [2.24, 2.45) is 11.8 Å². The van der Waals surface area contributed by atoms with Crippen LogP contribution in [0.1, 0.15) is 34.9 Å². The molecule has 2 aromatic rings. The van der Waals surface area contributed by atoms with Gasteiger partial charge in [-0.1, -0.05) is 36.4 Å². The fourth-order valence-electron chi connectivity index (χ4n) is 5.24. The van der Waals surface area contributed by atoms with E-state index in [-0.39, 0.29) is 5.91 Å². The normalized spacial score (nSPS) is 29.7. The summed E-state index contributed by atoms with van der Waals surface area (Å²) in [6.45, 7) is 4.80. The maximum Gasteiger partial charge on any atom is 0.272 e. The van der Waals surface area contributed by atoms with E-state index in [1.54, 1.807) is 6.20 Å². The second-order valence-electron chi connectivity index (χ2n) is 8.65. The lowest BCUT2D eigenvalue weighted by Crippen LogP contribution is -2.47. The molecule has 0 spiro atoms. The third-order valence-corrected chi connectivity index (χ3v) is 6.72. The average Bonchev–Trinajstić information content (AvgIpc) is 3.04. The van der Waals surface area contributed by atoms with Gasteiger partial charge in [0, 0.05) is 50.9 Å². The number of hydrogen-bond donors (Lipinski definition) is 2. The Balaban J connectivity index is 1.29. The molecule has 152 valence electrons. The highest BCUT2D eigenvalue weighted by Crippen LogP contribution is 2.32. The van der Waals surface area contributed by atoms with Crippen LogP contribution in [-0.2, 0) is 0 Å². The zero-order valence-corrected chi connectivity index (χ0v) is 16.7. The van der Waals surface area contributed by atoms with E-state index in [4.69, 9.17) is 0 Å².